The zero-order valence-corrected chi connectivity index (χ0v) is 18.5. The quantitative estimate of drug-likeness (QED) is 0.577. The Bertz CT molecular complexity index is 1330. The summed E-state index contributed by atoms with van der Waals surface area (Å²) in [6, 6.07) is 15.4. The molecule has 3 heterocycles. The Hall–Kier alpha value is -3.48. The van der Waals surface area contributed by atoms with Crippen molar-refractivity contribution >= 4 is 15.7 Å². The summed E-state index contributed by atoms with van der Waals surface area (Å²) in [4.78, 5) is 6.26. The van der Waals surface area contributed by atoms with Crippen LogP contribution in [0.15, 0.2) is 60.9 Å². The second kappa shape index (κ2) is 8.46. The Morgan fingerprint density at radius 3 is 2.67 bits per heavy atom. The smallest absolute Gasteiger partial charge is 0.240 e. The highest BCUT2D eigenvalue weighted by Crippen LogP contribution is 2.41. The third-order valence-electron chi connectivity index (χ3n) is 5.96. The Balaban J connectivity index is 1.36. The van der Waals surface area contributed by atoms with E-state index < -0.39 is 15.3 Å². The second-order valence-corrected chi connectivity index (χ2v) is 10.3. The van der Waals surface area contributed by atoms with E-state index in [-0.39, 0.29) is 19.0 Å². The predicted octanol–water partition coefficient (Wildman–Crippen LogP) is 3.17. The summed E-state index contributed by atoms with van der Waals surface area (Å²) in [6.45, 7) is 1.73. The van der Waals surface area contributed by atoms with Gasteiger partial charge >= 0.3 is 0 Å². The number of hydrogen-bond acceptors (Lipinski definition) is 6. The van der Waals surface area contributed by atoms with Crippen LogP contribution in [0.1, 0.15) is 11.1 Å². The molecule has 0 amide bonds. The Morgan fingerprint density at radius 2 is 1.94 bits per heavy atom. The topological polar surface area (TPSA) is 86.5 Å². The summed E-state index contributed by atoms with van der Waals surface area (Å²) >= 11 is 0. The minimum Gasteiger partial charge on any atom is -0.489 e. The van der Waals surface area contributed by atoms with Gasteiger partial charge in [0.25, 0.3) is 0 Å². The molecule has 0 bridgehead atoms. The third-order valence-corrected chi connectivity index (χ3v) is 8.09. The van der Waals surface area contributed by atoms with Gasteiger partial charge in [-0.2, -0.15) is 5.26 Å². The van der Waals surface area contributed by atoms with Crippen molar-refractivity contribution in [2.45, 2.75) is 11.8 Å². The second-order valence-electron chi connectivity index (χ2n) is 8.14. The lowest BCUT2D eigenvalue weighted by Gasteiger charge is -2.42. The van der Waals surface area contributed by atoms with Gasteiger partial charge in [0.2, 0.25) is 10.0 Å². The fraction of sp³-hybridized carbons (Fsp3) is 0.250. The van der Waals surface area contributed by atoms with Crippen LogP contribution >= 0.6 is 0 Å². The van der Waals surface area contributed by atoms with Gasteiger partial charge < -0.3 is 4.74 Å². The van der Waals surface area contributed by atoms with Crippen LogP contribution < -0.4 is 9.04 Å². The zero-order valence-electron chi connectivity index (χ0n) is 17.7. The summed E-state index contributed by atoms with van der Waals surface area (Å²) in [5, 5.41) is 8.48. The maximum Gasteiger partial charge on any atom is 0.240 e. The Kier molecular flexibility index (Phi) is 5.48. The van der Waals surface area contributed by atoms with Crippen molar-refractivity contribution < 1.29 is 17.5 Å². The zero-order chi connectivity index (χ0) is 23.0. The fourth-order valence-electron chi connectivity index (χ4n) is 4.23. The maximum atomic E-state index is 13.4. The standard InChI is InChI=1S/C24H21FN4O3S/c25-20-3-1-2-18(10-20)14-28-15-21(16-28)33(30,31)29-8-9-32-24-22(12-27-13-23(24)29)19-6-4-17(11-26)5-7-19/h1-7,10,12-13,21H,8-9,14-16H2. The number of ether oxygens (including phenoxy) is 1. The molecule has 1 saturated heterocycles. The van der Waals surface area contributed by atoms with Crippen LogP contribution in [0.25, 0.3) is 11.1 Å². The lowest BCUT2D eigenvalue weighted by Crippen LogP contribution is -2.58. The lowest BCUT2D eigenvalue weighted by molar-refractivity contribution is 0.175. The monoisotopic (exact) mass is 464 g/mol. The van der Waals surface area contributed by atoms with Crippen LogP contribution in [0, 0.1) is 17.1 Å². The summed E-state index contributed by atoms with van der Waals surface area (Å²) in [6.07, 6.45) is 3.16. The molecule has 2 aromatic carbocycles. The first-order chi connectivity index (χ1) is 16.0. The van der Waals surface area contributed by atoms with E-state index in [9.17, 15) is 12.8 Å². The molecule has 0 aliphatic carbocycles. The number of fused-ring (bicyclic) bond motifs is 1. The lowest BCUT2D eigenvalue weighted by atomic mass is 10.0. The van der Waals surface area contributed by atoms with Crippen molar-refractivity contribution in [2.24, 2.45) is 0 Å². The van der Waals surface area contributed by atoms with E-state index in [0.717, 1.165) is 11.1 Å². The SMILES string of the molecule is N#Cc1ccc(-c2cncc3c2OCCN3S(=O)(=O)C2CN(Cc3cccc(F)c3)C2)cc1. The molecule has 2 aliphatic heterocycles. The van der Waals surface area contributed by atoms with Gasteiger partial charge in [-0.1, -0.05) is 24.3 Å². The van der Waals surface area contributed by atoms with E-state index in [4.69, 9.17) is 10.00 Å². The molecular formula is C24H21FN4O3S. The molecule has 168 valence electrons. The maximum absolute atomic E-state index is 13.4. The van der Waals surface area contributed by atoms with Gasteiger partial charge in [-0.05, 0) is 35.4 Å². The molecule has 3 aromatic rings. The van der Waals surface area contributed by atoms with Crippen LogP contribution in [-0.2, 0) is 16.6 Å². The first kappa shape index (κ1) is 21.4. The number of aromatic nitrogens is 1. The highest BCUT2D eigenvalue weighted by Gasteiger charge is 2.43. The van der Waals surface area contributed by atoms with Gasteiger partial charge in [-0.15, -0.1) is 0 Å². The molecule has 0 radical (unpaired) electrons. The molecule has 0 spiro atoms. The van der Waals surface area contributed by atoms with Gasteiger partial charge in [0.15, 0.2) is 5.75 Å². The van der Waals surface area contributed by atoms with E-state index in [1.165, 1.54) is 22.6 Å². The van der Waals surface area contributed by atoms with Crippen LogP contribution in [0.2, 0.25) is 0 Å². The molecule has 0 saturated carbocycles. The number of halogens is 1. The number of benzene rings is 2. The first-order valence-electron chi connectivity index (χ1n) is 10.6. The molecule has 0 atom stereocenters. The van der Waals surface area contributed by atoms with E-state index in [1.54, 1.807) is 36.5 Å². The summed E-state index contributed by atoms with van der Waals surface area (Å²) in [7, 11) is -3.63. The summed E-state index contributed by atoms with van der Waals surface area (Å²) < 4.78 is 47.6. The minimum atomic E-state index is -3.63. The van der Waals surface area contributed by atoms with Crippen LogP contribution in [0.3, 0.4) is 0 Å². The van der Waals surface area contributed by atoms with Gasteiger partial charge in [-0.3, -0.25) is 14.2 Å². The van der Waals surface area contributed by atoms with E-state index in [2.05, 4.69) is 11.1 Å². The molecular weight excluding hydrogens is 443 g/mol. The predicted molar refractivity (Wildman–Crippen MR) is 122 cm³/mol. The average molecular weight is 465 g/mol. The number of hydrogen-bond donors (Lipinski definition) is 0. The minimum absolute atomic E-state index is 0.217. The number of nitriles is 1. The van der Waals surface area contributed by atoms with Crippen molar-refractivity contribution in [1.29, 1.82) is 5.26 Å². The van der Waals surface area contributed by atoms with Gasteiger partial charge in [-0.25, -0.2) is 12.8 Å². The summed E-state index contributed by atoms with van der Waals surface area (Å²) in [5.41, 5.74) is 3.25. The number of sulfonamides is 1. The highest BCUT2D eigenvalue weighted by molar-refractivity contribution is 7.93. The normalized spacial score (nSPS) is 16.4. The molecule has 0 N–H and O–H groups in total. The molecule has 0 unspecified atom stereocenters. The average Bonchev–Trinajstić information content (AvgIpc) is 2.80. The number of rotatable bonds is 5. The van der Waals surface area contributed by atoms with Crippen molar-refractivity contribution in [1.82, 2.24) is 9.88 Å². The van der Waals surface area contributed by atoms with Gasteiger partial charge in [0.05, 0.1) is 24.4 Å². The van der Waals surface area contributed by atoms with Crippen molar-refractivity contribution in [3.63, 3.8) is 0 Å². The largest absolute Gasteiger partial charge is 0.489 e. The third kappa shape index (κ3) is 4.03. The van der Waals surface area contributed by atoms with Crippen LogP contribution in [0.4, 0.5) is 10.1 Å². The van der Waals surface area contributed by atoms with E-state index in [1.807, 2.05) is 11.0 Å². The number of nitrogens with zero attached hydrogens (tertiary/aromatic N) is 4. The highest BCUT2D eigenvalue weighted by atomic mass is 32.2. The van der Waals surface area contributed by atoms with Crippen molar-refractivity contribution in [3.8, 4) is 22.9 Å². The fourth-order valence-corrected chi connectivity index (χ4v) is 6.12. The summed E-state index contributed by atoms with van der Waals surface area (Å²) in [5.74, 6) is 0.174. The molecule has 9 heteroatoms. The van der Waals surface area contributed by atoms with E-state index >= 15 is 0 Å². The molecule has 2 aliphatic rings. The number of likely N-dealkylation sites (tertiary alicyclic amines) is 1. The Morgan fingerprint density at radius 1 is 1.15 bits per heavy atom. The first-order valence-corrected chi connectivity index (χ1v) is 12.1. The number of pyridine rings is 1. The number of anilines is 1. The molecule has 1 aromatic heterocycles. The van der Waals surface area contributed by atoms with E-state index in [0.29, 0.717) is 42.2 Å². The van der Waals surface area contributed by atoms with Crippen molar-refractivity contribution in [3.05, 3.63) is 77.9 Å². The molecule has 1 fully saturated rings. The van der Waals surface area contributed by atoms with Crippen molar-refractivity contribution in [2.75, 3.05) is 30.5 Å². The molecule has 5 rings (SSSR count). The van der Waals surface area contributed by atoms with Gasteiger partial charge in [0.1, 0.15) is 23.4 Å². The Labute approximate surface area is 191 Å². The van der Waals surface area contributed by atoms with Gasteiger partial charge in [0, 0.05) is 31.4 Å². The van der Waals surface area contributed by atoms with Crippen LogP contribution in [-0.4, -0.2) is 49.8 Å². The molecule has 33 heavy (non-hydrogen) atoms. The molecule has 7 nitrogen and oxygen atoms in total. The van der Waals surface area contributed by atoms with Crippen LogP contribution in [0.5, 0.6) is 5.75 Å².